The molecule has 0 unspecified atom stereocenters. The highest BCUT2D eigenvalue weighted by molar-refractivity contribution is 5.81. The van der Waals surface area contributed by atoms with Gasteiger partial charge in [-0.15, -0.1) is 0 Å². The number of aliphatic carboxylic acids is 5. The minimum atomic E-state index is -3.97. The first kappa shape index (κ1) is 125. The molecular weight excluding hydrogens is 2050 g/mol. The Labute approximate surface area is 838 Å². The van der Waals surface area contributed by atoms with Crippen LogP contribution in [0.4, 0.5) is 0 Å². The molecule has 9 rings (SSSR count). The summed E-state index contributed by atoms with van der Waals surface area (Å²) in [5.41, 5.74) is 0. The monoisotopic (exact) mass is 2180 g/mol. The Hall–Kier alpha value is -7.67. The zero-order valence-corrected chi connectivity index (χ0v) is 79.2. The van der Waals surface area contributed by atoms with Crippen molar-refractivity contribution in [2.24, 2.45) is 0 Å². The largest absolute Gasteiger partial charge is 0.477 e. The summed E-state index contributed by atoms with van der Waals surface area (Å²) in [6.07, 6.45) is -108. The van der Waals surface area contributed by atoms with Gasteiger partial charge in [-0.1, -0.05) is 0 Å². The van der Waals surface area contributed by atoms with E-state index in [4.69, 9.17) is 80.5 Å². The Bertz CT molecular complexity index is 4470. The maximum absolute atomic E-state index is 14.6. The van der Waals surface area contributed by atoms with Crippen LogP contribution in [0.1, 0.15) is 66.7 Å². The molecule has 0 aromatic carbocycles. The second-order valence-electron chi connectivity index (χ2n) is 36.7. The quantitative estimate of drug-likeness (QED) is 0.0269. The van der Waals surface area contributed by atoms with Crippen LogP contribution in [0.2, 0.25) is 0 Å². The molecule has 149 heavy (non-hydrogen) atoms. The molecule has 856 valence electrons. The van der Waals surface area contributed by atoms with Crippen LogP contribution >= 0.6 is 0 Å². The van der Waals surface area contributed by atoms with E-state index < -0.39 is 467 Å². The number of carboxylic acid groups (broad SMARTS) is 5. The molecular formula is C81H130N6O62. The van der Waals surface area contributed by atoms with Gasteiger partial charge in [0.15, 0.2) is 25.2 Å². The average Bonchev–Trinajstić information content (AvgIpc) is 0.732. The van der Waals surface area contributed by atoms with Crippen LogP contribution < -0.4 is 31.9 Å². The molecule has 0 bridgehead atoms. The molecule has 6 amide bonds. The van der Waals surface area contributed by atoms with Crippen LogP contribution in [0.3, 0.4) is 0 Å². The molecule has 9 aliphatic rings. The normalized spacial score (nSPS) is 41.7. The second-order valence-corrected chi connectivity index (χ2v) is 36.7. The highest BCUT2D eigenvalue weighted by Crippen LogP contribution is 2.47. The van der Waals surface area contributed by atoms with E-state index in [2.05, 4.69) is 26.6 Å². The van der Waals surface area contributed by atoms with E-state index in [0.717, 1.165) is 34.6 Å². The van der Waals surface area contributed by atoms with Gasteiger partial charge >= 0.3 is 29.8 Å². The lowest BCUT2D eigenvalue weighted by Crippen LogP contribution is -2.73. The molecule has 0 spiro atoms. The van der Waals surface area contributed by atoms with Crippen LogP contribution in [0.15, 0.2) is 0 Å². The van der Waals surface area contributed by atoms with Gasteiger partial charge in [0.05, 0.1) is 120 Å². The van der Waals surface area contributed by atoms with E-state index >= 15 is 0 Å². The van der Waals surface area contributed by atoms with E-state index in [9.17, 15) is 226 Å². The molecule has 68 nitrogen and oxygen atoms in total. The summed E-state index contributed by atoms with van der Waals surface area (Å²) in [5.74, 6) is -37.7. The smallest absolute Gasteiger partial charge is 0.364 e. The molecule has 0 radical (unpaired) electrons. The predicted molar refractivity (Wildman–Crippen MR) is 454 cm³/mol. The van der Waals surface area contributed by atoms with Crippen molar-refractivity contribution < 1.29 is 307 Å². The summed E-state index contributed by atoms with van der Waals surface area (Å²) in [6.45, 7) is -11.1. The van der Waals surface area contributed by atoms with E-state index in [1.54, 1.807) is 0 Å². The standard InChI is InChI=1S/C81H130N6O62/c1-21(98)82-41-26(103)6-77(72(123)124,143-61(41)47(111)31(108)11-88)140-36(16-93)52(116)64-43(84-23(3)100)28(105)9-80(146-64,75(129)130)148-66-50(114)34(14-91)135-70(56(66)120)139-60-46(86-25(5)102)69(134-33(13-90)49(60)113)138-59-39(19-96)136-71(137-58-38(18-95)133-68(122)55(119)54(58)118)57(121)67(59)149-81(76(131)132)10-29(106)44(85-24(4)101)65(147-81)53(117)37(17-94)142-79(74(127)128)7-27(104)42(83-22(2)99)63(145-79)51(115)35(15-92)141-78(73(125)126)8-30(107)45(87-40(110)20-97)62(144-78)48(112)32(109)12-89/h26-39,41-71,88-97,103-109,111-122H,6-20H2,1-5H3,(H,82,98)(H,83,99)(H,84,100)(H,85,101)(H,86,102)(H,87,110)(H,123,124)(H,125,126)(H,127,128)(H,129,130)(H,131,132)/t26-,27-,28-,29-,30-,31+,32+,33+,34+,35+,36+,37+,38+,39+,41+,42+,43+,44+,45+,46+,47+,48+,49-,50-,51+,52+,53+,54+,55+,56+,57+,58+,59-,60+,61+,62+,63+,64+,65+,66-,67+,68+,69-,70-,71-,77+,78+,79+,80-,81-/m0/s1. The van der Waals surface area contributed by atoms with Crippen molar-refractivity contribution in [3.63, 3.8) is 0 Å². The topological polar surface area (TPSA) is 1100 Å². The van der Waals surface area contributed by atoms with Crippen molar-refractivity contribution in [3.8, 4) is 0 Å². The van der Waals surface area contributed by atoms with Crippen molar-refractivity contribution >= 4 is 65.3 Å². The van der Waals surface area contributed by atoms with Gasteiger partial charge in [-0.25, -0.2) is 24.0 Å². The molecule has 9 fully saturated rings. The summed E-state index contributed by atoms with van der Waals surface area (Å²) < 4.78 is 99.3. The van der Waals surface area contributed by atoms with Crippen molar-refractivity contribution in [2.75, 3.05) is 66.1 Å². The highest BCUT2D eigenvalue weighted by Gasteiger charge is 2.69. The minimum Gasteiger partial charge on any atom is -0.477 e. The summed E-state index contributed by atoms with van der Waals surface area (Å²) in [7, 11) is 0. The zero-order valence-electron chi connectivity index (χ0n) is 79.2. The highest BCUT2D eigenvalue weighted by atomic mass is 16.8. The maximum Gasteiger partial charge on any atom is 0.364 e. The van der Waals surface area contributed by atoms with Gasteiger partial charge in [0.2, 0.25) is 35.4 Å². The number of ether oxygens (including phenoxy) is 17. The van der Waals surface area contributed by atoms with Crippen LogP contribution in [0.5, 0.6) is 0 Å². The third-order valence-corrected chi connectivity index (χ3v) is 26.2. The lowest BCUT2D eigenvalue weighted by atomic mass is 9.86. The molecule has 9 saturated heterocycles. The number of hydrogen-bond acceptors (Lipinski definition) is 57. The van der Waals surface area contributed by atoms with Gasteiger partial charge in [-0.2, -0.15) is 0 Å². The number of nitrogens with one attached hydrogen (secondary N) is 6. The Morgan fingerprint density at radius 1 is 0.289 bits per heavy atom. The van der Waals surface area contributed by atoms with E-state index in [-0.39, 0.29) is 0 Å². The molecule has 40 N–H and O–H groups in total. The summed E-state index contributed by atoms with van der Waals surface area (Å²) >= 11 is 0. The SMILES string of the molecule is CC(=O)N[C@H]1[C@H](O[C@@H]2[C@H](O[C@]3(C(=O)O)C[C@H](O)[C@@H](NC(C)=O)[C@H]([C@H](O)[C@@H](CO)O[C@]4(C(=O)O)C[C@H](O)[C@@H](NC(C)=O)[C@H]([C@H](O)[C@@H](CO)O[C@]5(C(=O)O)C[C@H](O)[C@@H](NC(=O)CO)[C@H]([C@H](O)[C@H](O)CO)O5)O4)O3)[C@@H](O)[C@H](O[C@H]3[C@H](O)[C@@H](O)[C@H](O)O[C@@H]3CO)O[C@@H]2CO)O[C@H](CO)[C@H](O)[C@@H]1O[C@@H]1O[C@H](CO)[C@H](O)[C@H](O[C@]2(C(=O)O)C[C@H](O)[C@@H](NC(C)=O)[C@H]([C@H](O)[C@@H](CO)O[C@]3(C(=O)O)C[C@H](O)[C@@H](NC(C)=O)[C@H]([C@H](O)[C@H](O)CO)O3)O2)[C@H]1O. The number of hydrogen-bond donors (Lipinski definition) is 40. The van der Waals surface area contributed by atoms with Crippen LogP contribution in [0.25, 0.3) is 0 Å². The number of amides is 6. The fraction of sp³-hybridized carbons (Fsp3) is 0.864. The molecule has 0 saturated carbocycles. The van der Waals surface area contributed by atoms with Crippen LogP contribution in [0, 0.1) is 0 Å². The molecule has 68 heteroatoms. The average molecular weight is 2180 g/mol. The second kappa shape index (κ2) is 52.3. The first-order valence-corrected chi connectivity index (χ1v) is 45.9. The van der Waals surface area contributed by atoms with Crippen molar-refractivity contribution in [1.29, 1.82) is 0 Å². The Morgan fingerprint density at radius 2 is 0.557 bits per heavy atom. The number of carbonyl (C=O) groups is 11. The fourth-order valence-electron chi connectivity index (χ4n) is 18.9. The molecule has 0 aliphatic carbocycles. The van der Waals surface area contributed by atoms with Gasteiger partial charge < -0.3 is 286 Å². The molecule has 0 aromatic rings. The molecule has 9 heterocycles. The first-order valence-electron chi connectivity index (χ1n) is 45.9. The predicted octanol–water partition coefficient (Wildman–Crippen LogP) is -24.8. The van der Waals surface area contributed by atoms with Crippen LogP contribution in [-0.2, 0) is 133 Å². The fourth-order valence-corrected chi connectivity index (χ4v) is 18.9. The Balaban J connectivity index is 1.09. The number of carboxylic acids is 5. The minimum absolute atomic E-state index is 0.722. The zero-order chi connectivity index (χ0) is 112. The van der Waals surface area contributed by atoms with Gasteiger partial charge in [0, 0.05) is 66.7 Å². The van der Waals surface area contributed by atoms with Gasteiger partial charge in [-0.3, -0.25) is 28.8 Å². The maximum atomic E-state index is 14.6. The van der Waals surface area contributed by atoms with Gasteiger partial charge in [0.1, 0.15) is 196 Å². The van der Waals surface area contributed by atoms with Crippen molar-refractivity contribution in [3.05, 3.63) is 0 Å². The van der Waals surface area contributed by atoms with Gasteiger partial charge in [0.25, 0.3) is 28.9 Å². The lowest BCUT2D eigenvalue weighted by Gasteiger charge is -2.53. The Morgan fingerprint density at radius 3 is 0.872 bits per heavy atom. The molecule has 50 atom stereocenters. The number of rotatable bonds is 47. The first-order chi connectivity index (χ1) is 69.7. The number of aliphatic hydroxyl groups excluding tert-OH is 29. The lowest BCUT2D eigenvalue weighted by molar-refractivity contribution is -0.405. The summed E-state index contributed by atoms with van der Waals surface area (Å²) in [5, 5.41) is 396. The van der Waals surface area contributed by atoms with E-state index in [1.807, 2.05) is 5.32 Å². The number of aliphatic hydroxyl groups is 29. The third-order valence-electron chi connectivity index (χ3n) is 26.2. The summed E-state index contributed by atoms with van der Waals surface area (Å²) in [6, 6.07) is -13.1. The number of carbonyl (C=O) groups excluding carboxylic acids is 6. The summed E-state index contributed by atoms with van der Waals surface area (Å²) in [4.78, 5) is 147. The van der Waals surface area contributed by atoms with Crippen molar-refractivity contribution in [2.45, 2.75) is 371 Å². The van der Waals surface area contributed by atoms with E-state index in [1.165, 1.54) is 0 Å². The van der Waals surface area contributed by atoms with Gasteiger partial charge in [-0.05, 0) is 0 Å². The van der Waals surface area contributed by atoms with Crippen LogP contribution in [-0.4, -0.2) is 609 Å². The molecule has 0 aromatic heterocycles. The third kappa shape index (κ3) is 27.4. The van der Waals surface area contributed by atoms with Crippen molar-refractivity contribution in [1.82, 2.24) is 31.9 Å². The van der Waals surface area contributed by atoms with E-state index in [0.29, 0.717) is 0 Å². The molecule has 9 aliphatic heterocycles. The Kier molecular flexibility index (Phi) is 43.8.